The molecule has 3 N–H and O–H groups in total. The minimum Gasteiger partial charge on any atom is -0.365 e. The maximum absolute atomic E-state index is 5.78. The lowest BCUT2D eigenvalue weighted by Crippen LogP contribution is -2.41. The Morgan fingerprint density at radius 2 is 2.06 bits per heavy atom. The topological polar surface area (TPSA) is 50.4 Å². The number of nitrogens with zero attached hydrogens (tertiary/aromatic N) is 1. The zero-order valence-electron chi connectivity index (χ0n) is 10.3. The van der Waals surface area contributed by atoms with E-state index in [0.717, 1.165) is 23.3 Å². The zero-order chi connectivity index (χ0) is 12.5. The highest BCUT2D eigenvalue weighted by atomic mass is 79.9. The van der Waals surface area contributed by atoms with Crippen LogP contribution in [0.5, 0.6) is 0 Å². The molecule has 3 unspecified atom stereocenters. The summed E-state index contributed by atoms with van der Waals surface area (Å²) in [5.74, 6) is 1.72. The molecule has 0 spiro atoms. The SMILES string of the molecule is NCC1CCC2N=C(c3ccc(Br)cc3)NC2C1. The standard InChI is InChI=1S/C14H18BrN3/c15-11-4-2-10(3-5-11)14-17-12-6-1-9(8-16)7-13(12)18-14/h2-5,9,12-13H,1,6-8,16H2,(H,17,18). The van der Waals surface area contributed by atoms with Gasteiger partial charge < -0.3 is 11.1 Å². The van der Waals surface area contributed by atoms with Crippen molar-refractivity contribution in [3.63, 3.8) is 0 Å². The van der Waals surface area contributed by atoms with Gasteiger partial charge in [-0.1, -0.05) is 28.1 Å². The fourth-order valence-corrected chi connectivity index (χ4v) is 3.17. The normalized spacial score (nSPS) is 30.6. The number of aliphatic imine (C=N–C) groups is 1. The predicted octanol–water partition coefficient (Wildman–Crippen LogP) is 2.29. The van der Waals surface area contributed by atoms with Gasteiger partial charge in [0.05, 0.1) is 12.1 Å². The number of amidine groups is 1. The first-order valence-electron chi connectivity index (χ1n) is 6.56. The van der Waals surface area contributed by atoms with Crippen molar-refractivity contribution in [3.8, 4) is 0 Å². The molecular formula is C14H18BrN3. The van der Waals surface area contributed by atoms with Crippen LogP contribution >= 0.6 is 15.9 Å². The van der Waals surface area contributed by atoms with Gasteiger partial charge in [0.1, 0.15) is 5.84 Å². The predicted molar refractivity (Wildman–Crippen MR) is 77.8 cm³/mol. The first-order valence-corrected chi connectivity index (χ1v) is 7.36. The number of fused-ring (bicyclic) bond motifs is 1. The van der Waals surface area contributed by atoms with Crippen molar-refractivity contribution >= 4 is 21.8 Å². The van der Waals surface area contributed by atoms with Crippen molar-refractivity contribution in [2.24, 2.45) is 16.6 Å². The third kappa shape index (κ3) is 2.31. The number of nitrogens with two attached hydrogens (primary N) is 1. The van der Waals surface area contributed by atoms with Crippen LogP contribution in [0.4, 0.5) is 0 Å². The molecule has 3 atom stereocenters. The van der Waals surface area contributed by atoms with Gasteiger partial charge in [-0.15, -0.1) is 0 Å². The van der Waals surface area contributed by atoms with Crippen LogP contribution in [-0.4, -0.2) is 24.5 Å². The van der Waals surface area contributed by atoms with E-state index in [0.29, 0.717) is 18.0 Å². The number of nitrogens with one attached hydrogen (secondary N) is 1. The van der Waals surface area contributed by atoms with E-state index in [9.17, 15) is 0 Å². The molecule has 3 rings (SSSR count). The molecule has 18 heavy (non-hydrogen) atoms. The van der Waals surface area contributed by atoms with Gasteiger partial charge in [0.2, 0.25) is 0 Å². The van der Waals surface area contributed by atoms with Crippen LogP contribution in [0, 0.1) is 5.92 Å². The summed E-state index contributed by atoms with van der Waals surface area (Å²) in [7, 11) is 0. The van der Waals surface area contributed by atoms with E-state index in [1.165, 1.54) is 18.4 Å². The van der Waals surface area contributed by atoms with E-state index in [-0.39, 0.29) is 0 Å². The van der Waals surface area contributed by atoms with Gasteiger partial charge in [0.25, 0.3) is 0 Å². The van der Waals surface area contributed by atoms with E-state index in [1.807, 2.05) is 0 Å². The summed E-state index contributed by atoms with van der Waals surface area (Å²) >= 11 is 3.46. The van der Waals surface area contributed by atoms with Crippen LogP contribution in [0.2, 0.25) is 0 Å². The second-order valence-electron chi connectivity index (χ2n) is 5.22. The number of hydrogen-bond acceptors (Lipinski definition) is 3. The van der Waals surface area contributed by atoms with Crippen molar-refractivity contribution in [2.45, 2.75) is 31.3 Å². The van der Waals surface area contributed by atoms with E-state index in [2.05, 4.69) is 45.5 Å². The molecule has 0 amide bonds. The Balaban J connectivity index is 1.75. The van der Waals surface area contributed by atoms with Gasteiger partial charge in [-0.25, -0.2) is 0 Å². The third-order valence-corrected chi connectivity index (χ3v) is 4.52. The fraction of sp³-hybridized carbons (Fsp3) is 0.500. The minimum absolute atomic E-state index is 0.450. The van der Waals surface area contributed by atoms with Crippen molar-refractivity contribution in [2.75, 3.05) is 6.54 Å². The van der Waals surface area contributed by atoms with Crippen LogP contribution in [-0.2, 0) is 0 Å². The fourth-order valence-electron chi connectivity index (χ4n) is 2.91. The van der Waals surface area contributed by atoms with Crippen LogP contribution in [0.25, 0.3) is 0 Å². The maximum Gasteiger partial charge on any atom is 0.128 e. The van der Waals surface area contributed by atoms with Gasteiger partial charge in [-0.3, -0.25) is 4.99 Å². The molecular weight excluding hydrogens is 290 g/mol. The largest absolute Gasteiger partial charge is 0.365 e. The quantitative estimate of drug-likeness (QED) is 0.881. The zero-order valence-corrected chi connectivity index (χ0v) is 11.9. The Kier molecular flexibility index (Phi) is 3.39. The van der Waals surface area contributed by atoms with E-state index >= 15 is 0 Å². The second-order valence-corrected chi connectivity index (χ2v) is 6.13. The van der Waals surface area contributed by atoms with Gasteiger partial charge in [0.15, 0.2) is 0 Å². The molecule has 1 fully saturated rings. The molecule has 0 bridgehead atoms. The average molecular weight is 308 g/mol. The monoisotopic (exact) mass is 307 g/mol. The Bertz CT molecular complexity index is 455. The van der Waals surface area contributed by atoms with Gasteiger partial charge in [-0.05, 0) is 43.9 Å². The number of hydrogen-bond donors (Lipinski definition) is 2. The second kappa shape index (κ2) is 5.02. The maximum atomic E-state index is 5.78. The molecule has 3 nitrogen and oxygen atoms in total. The van der Waals surface area contributed by atoms with Crippen LogP contribution in [0.15, 0.2) is 33.7 Å². The van der Waals surface area contributed by atoms with Crippen LogP contribution in [0.3, 0.4) is 0 Å². The van der Waals surface area contributed by atoms with Gasteiger partial charge in [0, 0.05) is 10.0 Å². The molecule has 0 saturated heterocycles. The summed E-state index contributed by atoms with van der Waals surface area (Å²) in [6.45, 7) is 0.804. The number of rotatable bonds is 2. The number of benzene rings is 1. The first kappa shape index (κ1) is 12.2. The van der Waals surface area contributed by atoms with E-state index in [4.69, 9.17) is 10.7 Å². The summed E-state index contributed by atoms with van der Waals surface area (Å²) in [5.41, 5.74) is 6.96. The highest BCUT2D eigenvalue weighted by Gasteiger charge is 2.34. The van der Waals surface area contributed by atoms with Crippen molar-refractivity contribution in [3.05, 3.63) is 34.3 Å². The lowest BCUT2D eigenvalue weighted by molar-refractivity contribution is 0.294. The minimum atomic E-state index is 0.450. The number of halogens is 1. The Hall–Kier alpha value is -0.870. The highest BCUT2D eigenvalue weighted by Crippen LogP contribution is 2.29. The van der Waals surface area contributed by atoms with Crippen molar-refractivity contribution < 1.29 is 0 Å². The Labute approximate surface area is 116 Å². The van der Waals surface area contributed by atoms with Crippen LogP contribution in [0.1, 0.15) is 24.8 Å². The molecule has 1 aromatic carbocycles. The van der Waals surface area contributed by atoms with Crippen molar-refractivity contribution in [1.82, 2.24) is 5.32 Å². The molecule has 0 aromatic heterocycles. The molecule has 1 aliphatic heterocycles. The summed E-state index contributed by atoms with van der Waals surface area (Å²) in [5, 5.41) is 3.57. The molecule has 0 radical (unpaired) electrons. The van der Waals surface area contributed by atoms with Crippen molar-refractivity contribution in [1.29, 1.82) is 0 Å². The van der Waals surface area contributed by atoms with Crippen LogP contribution < -0.4 is 11.1 Å². The van der Waals surface area contributed by atoms with E-state index < -0.39 is 0 Å². The summed E-state index contributed by atoms with van der Waals surface area (Å²) in [6.07, 6.45) is 3.54. The smallest absolute Gasteiger partial charge is 0.128 e. The lowest BCUT2D eigenvalue weighted by Gasteiger charge is -2.29. The molecule has 2 aliphatic rings. The summed E-state index contributed by atoms with van der Waals surface area (Å²) in [6, 6.07) is 9.27. The van der Waals surface area contributed by atoms with Gasteiger partial charge in [-0.2, -0.15) is 0 Å². The molecule has 1 aliphatic carbocycles. The molecule has 4 heteroatoms. The summed E-state index contributed by atoms with van der Waals surface area (Å²) in [4.78, 5) is 4.83. The Morgan fingerprint density at radius 3 is 2.78 bits per heavy atom. The Morgan fingerprint density at radius 1 is 1.28 bits per heavy atom. The molecule has 1 aromatic rings. The average Bonchev–Trinajstić information content (AvgIpc) is 2.82. The molecule has 1 saturated carbocycles. The lowest BCUT2D eigenvalue weighted by atomic mass is 9.83. The van der Waals surface area contributed by atoms with Gasteiger partial charge >= 0.3 is 0 Å². The highest BCUT2D eigenvalue weighted by molar-refractivity contribution is 9.10. The third-order valence-electron chi connectivity index (χ3n) is 3.99. The molecule has 96 valence electrons. The van der Waals surface area contributed by atoms with E-state index in [1.54, 1.807) is 0 Å². The molecule has 1 heterocycles. The summed E-state index contributed by atoms with van der Waals surface area (Å²) < 4.78 is 1.10. The first-order chi connectivity index (χ1) is 8.76.